The van der Waals surface area contributed by atoms with E-state index in [9.17, 15) is 13.6 Å². The highest BCUT2D eigenvalue weighted by atomic mass is 19.1. The third kappa shape index (κ3) is 4.52. The number of hydrogen-bond donors (Lipinski definition) is 1. The molecule has 0 fully saturated rings. The monoisotopic (exact) mass is 319 g/mol. The van der Waals surface area contributed by atoms with Gasteiger partial charge in [-0.2, -0.15) is 0 Å². The van der Waals surface area contributed by atoms with E-state index in [2.05, 4.69) is 5.32 Å². The molecule has 0 bridgehead atoms. The van der Waals surface area contributed by atoms with Crippen molar-refractivity contribution in [2.75, 3.05) is 0 Å². The first-order valence-corrected chi connectivity index (χ1v) is 7.48. The average Bonchev–Trinajstić information content (AvgIpc) is 2.54. The Morgan fingerprint density at radius 1 is 1.13 bits per heavy atom. The van der Waals surface area contributed by atoms with Crippen molar-refractivity contribution in [3.63, 3.8) is 0 Å². The summed E-state index contributed by atoms with van der Waals surface area (Å²) in [5.41, 5.74) is 0.778. The SMILES string of the molecule is CC[C@@H](Oc1ccccc1F)C(=O)N[C@H](C)c1ccc(F)cc1. The minimum atomic E-state index is -0.796. The number of halogens is 2. The third-order valence-corrected chi connectivity index (χ3v) is 3.50. The Kier molecular flexibility index (Phi) is 5.68. The fourth-order valence-electron chi connectivity index (χ4n) is 2.16. The Hall–Kier alpha value is -2.43. The fraction of sp³-hybridized carbons (Fsp3) is 0.278. The van der Waals surface area contributed by atoms with Crippen LogP contribution in [0.1, 0.15) is 31.9 Å². The van der Waals surface area contributed by atoms with E-state index in [0.29, 0.717) is 6.42 Å². The average molecular weight is 319 g/mol. The Morgan fingerprint density at radius 3 is 2.39 bits per heavy atom. The standard InChI is InChI=1S/C18H19F2NO2/c1-3-16(23-17-7-5-4-6-15(17)20)18(22)21-12(2)13-8-10-14(19)11-9-13/h4-12,16H,3H2,1-2H3,(H,21,22)/t12-,16-/m1/s1. The number of ether oxygens (including phenoxy) is 1. The zero-order valence-electron chi connectivity index (χ0n) is 13.1. The molecule has 1 amide bonds. The molecule has 0 aliphatic carbocycles. The van der Waals surface area contributed by atoms with Crippen LogP contribution < -0.4 is 10.1 Å². The zero-order chi connectivity index (χ0) is 16.8. The van der Waals surface area contributed by atoms with E-state index in [4.69, 9.17) is 4.74 Å². The number of carbonyl (C=O) groups excluding carboxylic acids is 1. The van der Waals surface area contributed by atoms with Crippen LogP contribution >= 0.6 is 0 Å². The minimum Gasteiger partial charge on any atom is -0.478 e. The molecule has 0 aliphatic rings. The molecule has 2 aromatic rings. The van der Waals surface area contributed by atoms with Crippen LogP contribution in [-0.2, 0) is 4.79 Å². The van der Waals surface area contributed by atoms with Crippen LogP contribution in [0.3, 0.4) is 0 Å². The van der Waals surface area contributed by atoms with Gasteiger partial charge in [0, 0.05) is 0 Å². The van der Waals surface area contributed by atoms with Crippen molar-refractivity contribution < 1.29 is 18.3 Å². The summed E-state index contributed by atoms with van der Waals surface area (Å²) in [6.45, 7) is 3.58. The van der Waals surface area contributed by atoms with E-state index in [1.54, 1.807) is 38.1 Å². The molecular weight excluding hydrogens is 300 g/mol. The molecule has 0 radical (unpaired) electrons. The van der Waals surface area contributed by atoms with Gasteiger partial charge in [0.2, 0.25) is 0 Å². The predicted octanol–water partition coefficient (Wildman–Crippen LogP) is 4.00. The van der Waals surface area contributed by atoms with Crippen molar-refractivity contribution in [2.24, 2.45) is 0 Å². The molecule has 23 heavy (non-hydrogen) atoms. The lowest BCUT2D eigenvalue weighted by molar-refractivity contribution is -0.128. The first-order valence-electron chi connectivity index (χ1n) is 7.48. The van der Waals surface area contributed by atoms with Crippen molar-refractivity contribution in [2.45, 2.75) is 32.4 Å². The molecular formula is C18H19F2NO2. The lowest BCUT2D eigenvalue weighted by Crippen LogP contribution is -2.39. The second-order valence-corrected chi connectivity index (χ2v) is 5.23. The number of amides is 1. The number of nitrogens with one attached hydrogen (secondary N) is 1. The van der Waals surface area contributed by atoms with Crippen molar-refractivity contribution in [3.05, 3.63) is 65.7 Å². The molecule has 0 aliphatic heterocycles. The number of hydrogen-bond acceptors (Lipinski definition) is 2. The molecule has 2 rings (SSSR count). The molecule has 2 atom stereocenters. The Labute approximate surface area is 134 Å². The number of carbonyl (C=O) groups is 1. The van der Waals surface area contributed by atoms with E-state index in [1.165, 1.54) is 24.3 Å². The van der Waals surface area contributed by atoms with Crippen molar-refractivity contribution in [1.29, 1.82) is 0 Å². The Morgan fingerprint density at radius 2 is 1.78 bits per heavy atom. The Balaban J connectivity index is 2.02. The van der Waals surface area contributed by atoms with Crippen LogP contribution in [0, 0.1) is 11.6 Å². The lowest BCUT2D eigenvalue weighted by Gasteiger charge is -2.21. The van der Waals surface area contributed by atoms with Gasteiger partial charge >= 0.3 is 0 Å². The fourth-order valence-corrected chi connectivity index (χ4v) is 2.16. The molecule has 0 saturated heterocycles. The highest BCUT2D eigenvalue weighted by Gasteiger charge is 2.21. The van der Waals surface area contributed by atoms with E-state index in [-0.39, 0.29) is 23.5 Å². The summed E-state index contributed by atoms with van der Waals surface area (Å²) in [6, 6.07) is 11.6. The lowest BCUT2D eigenvalue weighted by atomic mass is 10.1. The molecule has 5 heteroatoms. The van der Waals surface area contributed by atoms with Crippen LogP contribution in [0.15, 0.2) is 48.5 Å². The second-order valence-electron chi connectivity index (χ2n) is 5.23. The first-order chi connectivity index (χ1) is 11.0. The third-order valence-electron chi connectivity index (χ3n) is 3.50. The van der Waals surface area contributed by atoms with Crippen LogP contribution in [0.2, 0.25) is 0 Å². The highest BCUT2D eigenvalue weighted by Crippen LogP contribution is 2.19. The van der Waals surface area contributed by atoms with Crippen molar-refractivity contribution in [1.82, 2.24) is 5.32 Å². The molecule has 0 unspecified atom stereocenters. The summed E-state index contributed by atoms with van der Waals surface area (Å²) in [6.07, 6.45) is -0.397. The second kappa shape index (κ2) is 7.72. The molecule has 122 valence electrons. The van der Waals surface area contributed by atoms with Gasteiger partial charge in [-0.05, 0) is 43.2 Å². The van der Waals surface area contributed by atoms with Gasteiger partial charge in [-0.3, -0.25) is 4.79 Å². The number of rotatable bonds is 6. The summed E-state index contributed by atoms with van der Waals surface area (Å²) in [5.74, 6) is -1.14. The summed E-state index contributed by atoms with van der Waals surface area (Å²) in [4.78, 5) is 12.3. The molecule has 0 saturated carbocycles. The van der Waals surface area contributed by atoms with E-state index < -0.39 is 11.9 Å². The molecule has 3 nitrogen and oxygen atoms in total. The number of benzene rings is 2. The molecule has 2 aromatic carbocycles. The molecule has 0 heterocycles. The van der Waals surface area contributed by atoms with Gasteiger partial charge in [-0.15, -0.1) is 0 Å². The van der Waals surface area contributed by atoms with E-state index in [1.807, 2.05) is 0 Å². The smallest absolute Gasteiger partial charge is 0.261 e. The van der Waals surface area contributed by atoms with Crippen LogP contribution in [0.5, 0.6) is 5.75 Å². The quantitative estimate of drug-likeness (QED) is 0.874. The summed E-state index contributed by atoms with van der Waals surface area (Å²) >= 11 is 0. The zero-order valence-corrected chi connectivity index (χ0v) is 13.1. The molecule has 0 spiro atoms. The van der Waals surface area contributed by atoms with E-state index >= 15 is 0 Å². The van der Waals surface area contributed by atoms with Gasteiger partial charge in [0.25, 0.3) is 5.91 Å². The van der Waals surface area contributed by atoms with Gasteiger partial charge < -0.3 is 10.1 Å². The van der Waals surface area contributed by atoms with Crippen molar-refractivity contribution in [3.8, 4) is 5.75 Å². The maximum Gasteiger partial charge on any atom is 0.261 e. The topological polar surface area (TPSA) is 38.3 Å². The van der Waals surface area contributed by atoms with Gasteiger partial charge in [-0.1, -0.05) is 31.2 Å². The van der Waals surface area contributed by atoms with E-state index in [0.717, 1.165) is 5.56 Å². The maximum atomic E-state index is 13.6. The molecule has 0 aromatic heterocycles. The maximum absolute atomic E-state index is 13.6. The highest BCUT2D eigenvalue weighted by molar-refractivity contribution is 5.81. The van der Waals surface area contributed by atoms with Gasteiger partial charge in [0.1, 0.15) is 5.82 Å². The largest absolute Gasteiger partial charge is 0.478 e. The normalized spacial score (nSPS) is 13.2. The van der Waals surface area contributed by atoms with Crippen LogP contribution in [0.4, 0.5) is 8.78 Å². The van der Waals surface area contributed by atoms with Gasteiger partial charge in [0.05, 0.1) is 6.04 Å². The molecule has 1 N–H and O–H groups in total. The van der Waals surface area contributed by atoms with Gasteiger partial charge in [0.15, 0.2) is 17.7 Å². The van der Waals surface area contributed by atoms with Crippen LogP contribution in [-0.4, -0.2) is 12.0 Å². The van der Waals surface area contributed by atoms with Crippen LogP contribution in [0.25, 0.3) is 0 Å². The number of para-hydroxylation sites is 1. The van der Waals surface area contributed by atoms with Gasteiger partial charge in [-0.25, -0.2) is 8.78 Å². The minimum absolute atomic E-state index is 0.0453. The summed E-state index contributed by atoms with van der Waals surface area (Å²) < 4.78 is 32.0. The predicted molar refractivity (Wildman–Crippen MR) is 84.1 cm³/mol. The summed E-state index contributed by atoms with van der Waals surface area (Å²) in [7, 11) is 0. The Bertz CT molecular complexity index is 658. The summed E-state index contributed by atoms with van der Waals surface area (Å²) in [5, 5.41) is 2.80. The first kappa shape index (κ1) is 16.9. The van der Waals surface area contributed by atoms with Crippen molar-refractivity contribution >= 4 is 5.91 Å².